The van der Waals surface area contributed by atoms with Crippen LogP contribution in [0.15, 0.2) is 60.9 Å². The highest BCUT2D eigenvalue weighted by atomic mass is 16.5. The molecule has 0 bridgehead atoms. The molecule has 2 heteroatoms. The van der Waals surface area contributed by atoms with Gasteiger partial charge in [-0.2, -0.15) is 0 Å². The molecule has 0 radical (unpaired) electrons. The molecule has 0 amide bonds. The molecule has 0 saturated heterocycles. The van der Waals surface area contributed by atoms with E-state index in [9.17, 15) is 4.79 Å². The van der Waals surface area contributed by atoms with Crippen molar-refractivity contribution in [2.24, 2.45) is 0 Å². The van der Waals surface area contributed by atoms with Gasteiger partial charge in [0.05, 0.1) is 5.56 Å². The van der Waals surface area contributed by atoms with E-state index >= 15 is 0 Å². The first-order chi connectivity index (χ1) is 10.0. The molecule has 0 saturated carbocycles. The van der Waals surface area contributed by atoms with E-state index in [4.69, 9.17) is 4.74 Å². The Morgan fingerprint density at radius 3 is 2.00 bits per heavy atom. The Morgan fingerprint density at radius 1 is 1.10 bits per heavy atom. The lowest BCUT2D eigenvalue weighted by atomic mass is 10.1. The van der Waals surface area contributed by atoms with Gasteiger partial charge >= 0.3 is 5.97 Å². The topological polar surface area (TPSA) is 26.3 Å². The van der Waals surface area contributed by atoms with Crippen molar-refractivity contribution in [2.45, 2.75) is 41.5 Å². The van der Waals surface area contributed by atoms with Gasteiger partial charge in [-0.3, -0.25) is 0 Å². The number of carbonyl (C=O) groups is 1. The summed E-state index contributed by atoms with van der Waals surface area (Å²) in [6.07, 6.45) is 3.34. The van der Waals surface area contributed by atoms with Crippen LogP contribution in [0.3, 0.4) is 0 Å². The van der Waals surface area contributed by atoms with Gasteiger partial charge in [0.25, 0.3) is 0 Å². The Hall–Kier alpha value is -2.09. The van der Waals surface area contributed by atoms with Gasteiger partial charge < -0.3 is 4.74 Å². The Bertz CT molecular complexity index is 465. The molecule has 0 spiro atoms. The number of benzene rings is 1. The van der Waals surface area contributed by atoms with Gasteiger partial charge in [0.1, 0.15) is 5.76 Å². The van der Waals surface area contributed by atoms with E-state index < -0.39 is 5.97 Å². The molecule has 0 aliphatic rings. The van der Waals surface area contributed by atoms with Crippen molar-refractivity contribution < 1.29 is 9.53 Å². The van der Waals surface area contributed by atoms with Gasteiger partial charge in [-0.25, -0.2) is 4.79 Å². The highest BCUT2D eigenvalue weighted by molar-refractivity contribution is 5.90. The molecule has 0 N–H and O–H groups in total. The van der Waals surface area contributed by atoms with Crippen LogP contribution in [0, 0.1) is 6.92 Å². The highest BCUT2D eigenvalue weighted by Crippen LogP contribution is 2.09. The van der Waals surface area contributed by atoms with Crippen molar-refractivity contribution in [3.05, 3.63) is 72.0 Å². The van der Waals surface area contributed by atoms with Crippen LogP contribution in [-0.2, 0) is 4.74 Å². The van der Waals surface area contributed by atoms with E-state index in [1.807, 2.05) is 53.7 Å². The van der Waals surface area contributed by atoms with Crippen LogP contribution in [0.25, 0.3) is 0 Å². The summed E-state index contributed by atoms with van der Waals surface area (Å²) in [4.78, 5) is 11.7. The maximum Gasteiger partial charge on any atom is 0.343 e. The minimum absolute atomic E-state index is 0.313. The number of hydrogen-bond acceptors (Lipinski definition) is 2. The van der Waals surface area contributed by atoms with Gasteiger partial charge in [0, 0.05) is 0 Å². The normalized spacial score (nSPS) is 9.33. The van der Waals surface area contributed by atoms with Crippen molar-refractivity contribution in [2.75, 3.05) is 0 Å². The number of carbonyl (C=O) groups excluding carboxylic acids is 1. The quantitative estimate of drug-likeness (QED) is 0.394. The van der Waals surface area contributed by atoms with Gasteiger partial charge in [-0.1, -0.05) is 64.6 Å². The molecule has 1 aromatic rings. The van der Waals surface area contributed by atoms with Gasteiger partial charge in [0.15, 0.2) is 0 Å². The monoisotopic (exact) mass is 288 g/mol. The number of ether oxygens (including phenoxy) is 1. The summed E-state index contributed by atoms with van der Waals surface area (Å²) in [5.74, 6) is -0.0870. The minimum atomic E-state index is -0.400. The zero-order chi connectivity index (χ0) is 16.8. The lowest BCUT2D eigenvalue weighted by molar-refractivity contribution is 0.0638. The zero-order valence-corrected chi connectivity index (χ0v) is 14.2. The second-order valence-electron chi connectivity index (χ2n) is 3.81. The maximum atomic E-state index is 11.7. The number of esters is 1. The summed E-state index contributed by atoms with van der Waals surface area (Å²) in [7, 11) is 0. The second kappa shape index (κ2) is 12.9. The van der Waals surface area contributed by atoms with Crippen LogP contribution in [-0.4, -0.2) is 5.97 Å². The standard InChI is InChI=1S/C15H16O2.2C2H6/c1-5-11(2)10-13(4)17-15(16)14-8-6-12(3)7-9-14;2*1-2/h5-10H,1,4H2,2-3H3;2*1-2H3/b11-10-;;. The molecule has 0 unspecified atom stereocenters. The van der Waals surface area contributed by atoms with Crippen LogP contribution in [0.1, 0.15) is 50.5 Å². The molecule has 0 atom stereocenters. The molecule has 0 aromatic heterocycles. The van der Waals surface area contributed by atoms with Crippen LogP contribution in [0.2, 0.25) is 0 Å². The highest BCUT2D eigenvalue weighted by Gasteiger charge is 2.07. The second-order valence-corrected chi connectivity index (χ2v) is 3.81. The molecular formula is C19H28O2. The molecule has 21 heavy (non-hydrogen) atoms. The maximum absolute atomic E-state index is 11.7. The summed E-state index contributed by atoms with van der Waals surface area (Å²) in [6.45, 7) is 19.1. The van der Waals surface area contributed by atoms with E-state index in [-0.39, 0.29) is 0 Å². The first kappa shape index (κ1) is 21.2. The molecule has 0 aliphatic heterocycles. The van der Waals surface area contributed by atoms with Crippen molar-refractivity contribution in [1.29, 1.82) is 0 Å². The summed E-state index contributed by atoms with van der Waals surface area (Å²) in [5.41, 5.74) is 2.51. The SMILES string of the molecule is C=C/C(C)=C\C(=C)OC(=O)c1ccc(C)cc1.CC.CC. The number of hydrogen-bond donors (Lipinski definition) is 0. The summed E-state index contributed by atoms with van der Waals surface area (Å²) in [6, 6.07) is 7.19. The Balaban J connectivity index is 0. The van der Waals surface area contributed by atoms with Crippen LogP contribution < -0.4 is 0 Å². The van der Waals surface area contributed by atoms with Crippen molar-refractivity contribution >= 4 is 5.97 Å². The number of rotatable bonds is 4. The summed E-state index contributed by atoms with van der Waals surface area (Å²) in [5, 5.41) is 0. The van der Waals surface area contributed by atoms with Crippen LogP contribution in [0.4, 0.5) is 0 Å². The van der Waals surface area contributed by atoms with Gasteiger partial charge in [-0.05, 0) is 37.6 Å². The molecule has 0 heterocycles. The van der Waals surface area contributed by atoms with E-state index in [1.165, 1.54) is 0 Å². The first-order valence-electron chi connectivity index (χ1n) is 7.31. The van der Waals surface area contributed by atoms with E-state index in [2.05, 4.69) is 13.2 Å². The largest absolute Gasteiger partial charge is 0.424 e. The van der Waals surface area contributed by atoms with Crippen LogP contribution >= 0.6 is 0 Å². The minimum Gasteiger partial charge on any atom is -0.424 e. The molecule has 0 fully saturated rings. The van der Waals surface area contributed by atoms with Crippen molar-refractivity contribution in [1.82, 2.24) is 0 Å². The summed E-state index contributed by atoms with van der Waals surface area (Å²) < 4.78 is 5.09. The van der Waals surface area contributed by atoms with E-state index in [0.29, 0.717) is 11.3 Å². The average Bonchev–Trinajstić information content (AvgIpc) is 2.51. The lowest BCUT2D eigenvalue weighted by Gasteiger charge is -2.04. The van der Waals surface area contributed by atoms with Gasteiger partial charge in [0.2, 0.25) is 0 Å². The van der Waals surface area contributed by atoms with E-state index in [0.717, 1.165) is 11.1 Å². The fourth-order valence-corrected chi connectivity index (χ4v) is 1.21. The third-order valence-electron chi connectivity index (χ3n) is 2.22. The molecule has 0 aliphatic carbocycles. The fraction of sp³-hybridized carbons (Fsp3) is 0.316. The van der Waals surface area contributed by atoms with Crippen LogP contribution in [0.5, 0.6) is 0 Å². The molecule has 2 nitrogen and oxygen atoms in total. The number of aryl methyl sites for hydroxylation is 1. The molecular weight excluding hydrogens is 260 g/mol. The smallest absolute Gasteiger partial charge is 0.343 e. The van der Waals surface area contributed by atoms with Gasteiger partial charge in [-0.15, -0.1) is 0 Å². The number of allylic oxidation sites excluding steroid dienone is 3. The predicted octanol–water partition coefficient (Wildman–Crippen LogP) is 5.85. The van der Waals surface area contributed by atoms with Crippen molar-refractivity contribution in [3.63, 3.8) is 0 Å². The Morgan fingerprint density at radius 2 is 1.57 bits per heavy atom. The lowest BCUT2D eigenvalue weighted by Crippen LogP contribution is -2.03. The Labute approximate surface area is 129 Å². The Kier molecular flexibility index (Phi) is 13.1. The fourth-order valence-electron chi connectivity index (χ4n) is 1.21. The van der Waals surface area contributed by atoms with E-state index in [1.54, 1.807) is 24.3 Å². The first-order valence-corrected chi connectivity index (χ1v) is 7.31. The third kappa shape index (κ3) is 9.44. The summed E-state index contributed by atoms with van der Waals surface area (Å²) >= 11 is 0. The molecule has 1 rings (SSSR count). The molecule has 116 valence electrons. The zero-order valence-electron chi connectivity index (χ0n) is 14.2. The third-order valence-corrected chi connectivity index (χ3v) is 2.22. The average molecular weight is 288 g/mol. The van der Waals surface area contributed by atoms with Crippen molar-refractivity contribution in [3.8, 4) is 0 Å². The predicted molar refractivity (Wildman–Crippen MR) is 92.4 cm³/mol. The molecule has 1 aromatic carbocycles.